The second-order valence-corrected chi connectivity index (χ2v) is 6.81. The Kier molecular flexibility index (Phi) is 5.30. The van der Waals surface area contributed by atoms with Crippen LogP contribution in [0.1, 0.15) is 29.5 Å². The van der Waals surface area contributed by atoms with Gasteiger partial charge in [-0.25, -0.2) is 0 Å². The zero-order chi connectivity index (χ0) is 16.9. The highest BCUT2D eigenvalue weighted by Gasteiger charge is 2.23. The Bertz CT molecular complexity index is 694. The van der Waals surface area contributed by atoms with Crippen LogP contribution in [0.25, 0.3) is 0 Å². The summed E-state index contributed by atoms with van der Waals surface area (Å²) in [5, 5.41) is 7.38. The smallest absolute Gasteiger partial charge is 0.222 e. The zero-order valence-corrected chi connectivity index (χ0v) is 14.5. The Morgan fingerprint density at radius 3 is 2.96 bits per heavy atom. The van der Waals surface area contributed by atoms with Gasteiger partial charge in [-0.15, -0.1) is 0 Å². The molecule has 1 atom stereocenters. The van der Waals surface area contributed by atoms with Gasteiger partial charge < -0.3 is 5.32 Å². The molecular formula is C19H26N4O. The third-order valence-corrected chi connectivity index (χ3v) is 4.46. The molecule has 1 unspecified atom stereocenters. The minimum Gasteiger partial charge on any atom is -0.352 e. The van der Waals surface area contributed by atoms with Crippen LogP contribution in [0.4, 0.5) is 0 Å². The standard InChI is InChI=1S/C19H26N4O/c1-15-4-3-5-17(10-15)13-22-8-6-18(14-22)21-19(24)7-9-23-12-16(2)11-20-23/h3-5,10-12,18H,6-9,13-14H2,1-2H3,(H,21,24). The van der Waals surface area contributed by atoms with Gasteiger partial charge in [0.25, 0.3) is 0 Å². The van der Waals surface area contributed by atoms with Crippen LogP contribution in [-0.2, 0) is 17.9 Å². The molecule has 2 heterocycles. The first-order chi connectivity index (χ1) is 11.6. The monoisotopic (exact) mass is 326 g/mol. The molecule has 0 aliphatic carbocycles. The number of nitrogens with zero attached hydrogens (tertiary/aromatic N) is 3. The van der Waals surface area contributed by atoms with Crippen LogP contribution in [-0.4, -0.2) is 39.7 Å². The Morgan fingerprint density at radius 2 is 2.21 bits per heavy atom. The molecule has 1 saturated heterocycles. The van der Waals surface area contributed by atoms with Gasteiger partial charge in [0.15, 0.2) is 0 Å². The van der Waals surface area contributed by atoms with Crippen molar-refractivity contribution in [3.8, 4) is 0 Å². The van der Waals surface area contributed by atoms with Crippen molar-refractivity contribution in [2.45, 2.75) is 45.8 Å². The summed E-state index contributed by atoms with van der Waals surface area (Å²) >= 11 is 0. The fourth-order valence-corrected chi connectivity index (χ4v) is 3.27. The van der Waals surface area contributed by atoms with E-state index < -0.39 is 0 Å². The molecule has 2 aromatic rings. The van der Waals surface area contributed by atoms with E-state index in [1.165, 1.54) is 11.1 Å². The van der Waals surface area contributed by atoms with Crippen LogP contribution in [0.15, 0.2) is 36.7 Å². The molecule has 0 radical (unpaired) electrons. The highest BCUT2D eigenvalue weighted by molar-refractivity contribution is 5.76. The maximum absolute atomic E-state index is 12.1. The van der Waals surface area contributed by atoms with E-state index in [1.807, 2.05) is 24.0 Å². The average Bonchev–Trinajstić information content (AvgIpc) is 3.14. The summed E-state index contributed by atoms with van der Waals surface area (Å²) < 4.78 is 1.83. The quantitative estimate of drug-likeness (QED) is 0.886. The van der Waals surface area contributed by atoms with Crippen LogP contribution in [0, 0.1) is 13.8 Å². The molecule has 0 saturated carbocycles. The van der Waals surface area contributed by atoms with Crippen LogP contribution >= 0.6 is 0 Å². The largest absolute Gasteiger partial charge is 0.352 e. The normalized spacial score (nSPS) is 18.0. The molecule has 0 spiro atoms. The SMILES string of the molecule is Cc1cccc(CN2CCC(NC(=O)CCn3cc(C)cn3)C2)c1. The highest BCUT2D eigenvalue weighted by Crippen LogP contribution is 2.14. The van der Waals surface area contributed by atoms with E-state index in [0.717, 1.165) is 31.6 Å². The maximum atomic E-state index is 12.1. The molecular weight excluding hydrogens is 300 g/mol. The first-order valence-corrected chi connectivity index (χ1v) is 8.65. The first kappa shape index (κ1) is 16.7. The number of aromatic nitrogens is 2. The Morgan fingerprint density at radius 1 is 1.33 bits per heavy atom. The number of hydrogen-bond acceptors (Lipinski definition) is 3. The third-order valence-electron chi connectivity index (χ3n) is 4.46. The number of hydrogen-bond donors (Lipinski definition) is 1. The van der Waals surface area contributed by atoms with Crippen LogP contribution in [0.3, 0.4) is 0 Å². The van der Waals surface area contributed by atoms with Crippen LogP contribution in [0.2, 0.25) is 0 Å². The molecule has 3 rings (SSSR count). The lowest BCUT2D eigenvalue weighted by Gasteiger charge is -2.17. The predicted octanol–water partition coefficient (Wildman–Crippen LogP) is 2.28. The van der Waals surface area contributed by atoms with E-state index in [9.17, 15) is 4.79 Å². The summed E-state index contributed by atoms with van der Waals surface area (Å²) in [6.45, 7) is 7.69. The maximum Gasteiger partial charge on any atom is 0.222 e. The van der Waals surface area contributed by atoms with Gasteiger partial charge in [-0.3, -0.25) is 14.4 Å². The average molecular weight is 326 g/mol. The Labute approximate surface area is 143 Å². The fraction of sp³-hybridized carbons (Fsp3) is 0.474. The van der Waals surface area contributed by atoms with E-state index in [2.05, 4.69) is 46.5 Å². The second-order valence-electron chi connectivity index (χ2n) is 6.81. The van der Waals surface area contributed by atoms with E-state index >= 15 is 0 Å². The molecule has 24 heavy (non-hydrogen) atoms. The topological polar surface area (TPSA) is 50.2 Å². The van der Waals surface area contributed by atoms with Crippen molar-refractivity contribution in [3.63, 3.8) is 0 Å². The summed E-state index contributed by atoms with van der Waals surface area (Å²) in [4.78, 5) is 14.5. The molecule has 1 fully saturated rings. The molecule has 0 bridgehead atoms. The van der Waals surface area contributed by atoms with Crippen molar-refractivity contribution < 1.29 is 4.79 Å². The van der Waals surface area contributed by atoms with Crippen molar-refractivity contribution >= 4 is 5.91 Å². The van der Waals surface area contributed by atoms with Gasteiger partial charge in [-0.1, -0.05) is 29.8 Å². The molecule has 1 aromatic carbocycles. The lowest BCUT2D eigenvalue weighted by atomic mass is 10.1. The van der Waals surface area contributed by atoms with Gasteiger partial charge in [-0.05, 0) is 31.4 Å². The fourth-order valence-electron chi connectivity index (χ4n) is 3.27. The molecule has 5 nitrogen and oxygen atoms in total. The number of likely N-dealkylation sites (tertiary alicyclic amines) is 1. The number of carbonyl (C=O) groups is 1. The summed E-state index contributed by atoms with van der Waals surface area (Å²) in [5.74, 6) is 0.116. The van der Waals surface area contributed by atoms with Crippen molar-refractivity contribution in [1.29, 1.82) is 0 Å². The van der Waals surface area contributed by atoms with Gasteiger partial charge in [-0.2, -0.15) is 5.10 Å². The minimum atomic E-state index is 0.116. The Balaban J connectivity index is 1.41. The van der Waals surface area contributed by atoms with Crippen molar-refractivity contribution in [3.05, 3.63) is 53.3 Å². The number of rotatable bonds is 6. The molecule has 128 valence electrons. The Hall–Kier alpha value is -2.14. The number of benzene rings is 1. The van der Waals surface area contributed by atoms with Crippen LogP contribution in [0.5, 0.6) is 0 Å². The molecule has 1 amide bonds. The lowest BCUT2D eigenvalue weighted by molar-refractivity contribution is -0.122. The molecule has 1 aliphatic heterocycles. The van der Waals surface area contributed by atoms with E-state index in [-0.39, 0.29) is 11.9 Å². The van der Waals surface area contributed by atoms with E-state index in [0.29, 0.717) is 13.0 Å². The van der Waals surface area contributed by atoms with Crippen LogP contribution < -0.4 is 5.32 Å². The molecule has 1 N–H and O–H groups in total. The number of amides is 1. The number of aryl methyl sites for hydroxylation is 3. The van der Waals surface area contributed by atoms with Gasteiger partial charge in [0.1, 0.15) is 0 Å². The van der Waals surface area contributed by atoms with Crippen molar-refractivity contribution in [2.75, 3.05) is 13.1 Å². The van der Waals surface area contributed by atoms with Crippen molar-refractivity contribution in [1.82, 2.24) is 20.0 Å². The third kappa shape index (κ3) is 4.68. The predicted molar refractivity (Wildman–Crippen MR) is 94.6 cm³/mol. The van der Waals surface area contributed by atoms with Gasteiger partial charge in [0.2, 0.25) is 5.91 Å². The summed E-state index contributed by atoms with van der Waals surface area (Å²) in [6.07, 6.45) is 5.29. The summed E-state index contributed by atoms with van der Waals surface area (Å²) in [7, 11) is 0. The molecule has 5 heteroatoms. The molecule has 1 aromatic heterocycles. The summed E-state index contributed by atoms with van der Waals surface area (Å²) in [6, 6.07) is 8.90. The zero-order valence-electron chi connectivity index (χ0n) is 14.5. The van der Waals surface area contributed by atoms with E-state index in [4.69, 9.17) is 0 Å². The second kappa shape index (κ2) is 7.62. The first-order valence-electron chi connectivity index (χ1n) is 8.65. The number of nitrogens with one attached hydrogen (secondary N) is 1. The van der Waals surface area contributed by atoms with Gasteiger partial charge in [0, 0.05) is 44.8 Å². The molecule has 1 aliphatic rings. The lowest BCUT2D eigenvalue weighted by Crippen LogP contribution is -2.37. The summed E-state index contributed by atoms with van der Waals surface area (Å²) in [5.41, 5.74) is 3.76. The minimum absolute atomic E-state index is 0.116. The van der Waals surface area contributed by atoms with Gasteiger partial charge in [0.05, 0.1) is 6.20 Å². The van der Waals surface area contributed by atoms with Crippen molar-refractivity contribution in [2.24, 2.45) is 0 Å². The highest BCUT2D eigenvalue weighted by atomic mass is 16.1. The van der Waals surface area contributed by atoms with Gasteiger partial charge >= 0.3 is 0 Å². The van der Waals surface area contributed by atoms with E-state index in [1.54, 1.807) is 0 Å². The number of carbonyl (C=O) groups excluding carboxylic acids is 1.